The van der Waals surface area contributed by atoms with Crippen LogP contribution in [-0.2, 0) is 17.7 Å². The van der Waals surface area contributed by atoms with Crippen LogP contribution in [0.2, 0.25) is 0 Å². The Hall–Kier alpha value is -1.59. The molecule has 1 heterocycles. The molecule has 5 heteroatoms. The van der Waals surface area contributed by atoms with Crippen LogP contribution in [-0.4, -0.2) is 56.8 Å². The van der Waals surface area contributed by atoms with Gasteiger partial charge in [0, 0.05) is 52.5 Å². The minimum absolute atomic E-state index is 0.473. The van der Waals surface area contributed by atoms with E-state index >= 15 is 0 Å². The van der Waals surface area contributed by atoms with Crippen molar-refractivity contribution in [2.75, 3.05) is 39.9 Å². The maximum atomic E-state index is 5.35. The fourth-order valence-electron chi connectivity index (χ4n) is 3.01. The normalized spacial score (nSPS) is 16.5. The van der Waals surface area contributed by atoms with Gasteiger partial charge < -0.3 is 15.4 Å². The van der Waals surface area contributed by atoms with Gasteiger partial charge in [-0.1, -0.05) is 24.3 Å². The minimum Gasteiger partial charge on any atom is -0.382 e. The lowest BCUT2D eigenvalue weighted by Gasteiger charge is -2.34. The second kappa shape index (κ2) is 10.3. The Kier molecular flexibility index (Phi) is 8.05. The Bertz CT molecular complexity index is 518. The summed E-state index contributed by atoms with van der Waals surface area (Å²) in [6.45, 7) is 9.82. The first kappa shape index (κ1) is 18.7. The first-order valence-corrected chi connectivity index (χ1v) is 9.07. The molecule has 0 aliphatic carbocycles. The van der Waals surface area contributed by atoms with Gasteiger partial charge in [0.25, 0.3) is 0 Å². The van der Waals surface area contributed by atoms with E-state index in [-0.39, 0.29) is 0 Å². The Morgan fingerprint density at radius 3 is 2.83 bits per heavy atom. The number of ether oxygens (including phenoxy) is 1. The predicted octanol–water partition coefficient (Wildman–Crippen LogP) is 2.02. The van der Waals surface area contributed by atoms with Crippen molar-refractivity contribution in [2.24, 2.45) is 4.99 Å². The predicted molar refractivity (Wildman–Crippen MR) is 100 cm³/mol. The quantitative estimate of drug-likeness (QED) is 0.434. The summed E-state index contributed by atoms with van der Waals surface area (Å²) in [4.78, 5) is 6.83. The summed E-state index contributed by atoms with van der Waals surface area (Å²) < 4.78 is 5.35. The molecule has 1 aliphatic heterocycles. The molecule has 1 atom stereocenters. The lowest BCUT2D eigenvalue weighted by atomic mass is 9.99. The molecule has 0 amide bonds. The molecule has 1 unspecified atom stereocenters. The molecular weight excluding hydrogens is 300 g/mol. The molecule has 2 rings (SSSR count). The van der Waals surface area contributed by atoms with Gasteiger partial charge in [-0.25, -0.2) is 0 Å². The number of nitrogens with zero attached hydrogens (tertiary/aromatic N) is 2. The molecular formula is C19H32N4O. The smallest absolute Gasteiger partial charge is 0.191 e. The van der Waals surface area contributed by atoms with Crippen molar-refractivity contribution in [2.45, 2.75) is 39.3 Å². The number of aliphatic imine (C=N–C) groups is 1. The van der Waals surface area contributed by atoms with Gasteiger partial charge >= 0.3 is 0 Å². The summed E-state index contributed by atoms with van der Waals surface area (Å²) in [7, 11) is 1.82. The Labute approximate surface area is 146 Å². The molecule has 1 aromatic carbocycles. The molecule has 0 aromatic heterocycles. The zero-order valence-electron chi connectivity index (χ0n) is 15.3. The zero-order valence-corrected chi connectivity index (χ0v) is 15.3. The van der Waals surface area contributed by atoms with Crippen LogP contribution in [0.5, 0.6) is 0 Å². The topological polar surface area (TPSA) is 48.9 Å². The van der Waals surface area contributed by atoms with Crippen molar-refractivity contribution in [3.05, 3.63) is 35.4 Å². The van der Waals surface area contributed by atoms with Crippen molar-refractivity contribution in [3.63, 3.8) is 0 Å². The Morgan fingerprint density at radius 1 is 1.29 bits per heavy atom. The molecule has 0 bridgehead atoms. The summed E-state index contributed by atoms with van der Waals surface area (Å²) in [5, 5.41) is 6.78. The van der Waals surface area contributed by atoms with Crippen LogP contribution >= 0.6 is 0 Å². The highest BCUT2D eigenvalue weighted by Gasteiger charge is 2.20. The highest BCUT2D eigenvalue weighted by Crippen LogP contribution is 2.19. The van der Waals surface area contributed by atoms with Crippen LogP contribution in [0.3, 0.4) is 0 Å². The van der Waals surface area contributed by atoms with E-state index in [9.17, 15) is 0 Å². The zero-order chi connectivity index (χ0) is 17.2. The summed E-state index contributed by atoms with van der Waals surface area (Å²) in [5.74, 6) is 0.871. The maximum absolute atomic E-state index is 5.35. The van der Waals surface area contributed by atoms with Gasteiger partial charge in [-0.15, -0.1) is 0 Å². The number of fused-ring (bicyclic) bond motifs is 1. The van der Waals surface area contributed by atoms with Crippen molar-refractivity contribution >= 4 is 5.96 Å². The lowest BCUT2D eigenvalue weighted by molar-refractivity contribution is 0.145. The minimum atomic E-state index is 0.473. The van der Waals surface area contributed by atoms with Gasteiger partial charge in [0.2, 0.25) is 0 Å². The van der Waals surface area contributed by atoms with Crippen LogP contribution in [0, 0.1) is 0 Å². The van der Waals surface area contributed by atoms with E-state index in [4.69, 9.17) is 4.74 Å². The van der Waals surface area contributed by atoms with Crippen molar-refractivity contribution in [1.29, 1.82) is 0 Å². The average molecular weight is 332 g/mol. The first-order chi connectivity index (χ1) is 11.7. The average Bonchev–Trinajstić information content (AvgIpc) is 2.63. The fraction of sp³-hybridized carbons (Fsp3) is 0.632. The third-order valence-electron chi connectivity index (χ3n) is 4.53. The summed E-state index contributed by atoms with van der Waals surface area (Å²) >= 11 is 0. The third kappa shape index (κ3) is 5.80. The van der Waals surface area contributed by atoms with Gasteiger partial charge in [0.15, 0.2) is 5.96 Å². The van der Waals surface area contributed by atoms with Gasteiger partial charge in [-0.3, -0.25) is 9.89 Å². The SMILES string of the molecule is CCOCCCNC(=NC)NCC(C)N1CCc2ccccc2C1. The van der Waals surface area contributed by atoms with Crippen LogP contribution in [0.4, 0.5) is 0 Å². The number of rotatable bonds is 8. The molecule has 0 radical (unpaired) electrons. The second-order valence-corrected chi connectivity index (χ2v) is 6.27. The molecule has 1 aliphatic rings. The number of nitrogens with one attached hydrogen (secondary N) is 2. The highest BCUT2D eigenvalue weighted by molar-refractivity contribution is 5.79. The monoisotopic (exact) mass is 332 g/mol. The molecule has 5 nitrogen and oxygen atoms in total. The summed E-state index contributed by atoms with van der Waals surface area (Å²) in [5.41, 5.74) is 2.97. The first-order valence-electron chi connectivity index (χ1n) is 9.07. The van der Waals surface area contributed by atoms with E-state index in [0.717, 1.165) is 58.2 Å². The maximum Gasteiger partial charge on any atom is 0.191 e. The lowest BCUT2D eigenvalue weighted by Crippen LogP contribution is -2.47. The molecule has 0 fully saturated rings. The molecule has 134 valence electrons. The van der Waals surface area contributed by atoms with Gasteiger partial charge in [0.05, 0.1) is 0 Å². The summed E-state index contributed by atoms with van der Waals surface area (Å²) in [6.07, 6.45) is 2.14. The fourth-order valence-corrected chi connectivity index (χ4v) is 3.01. The van der Waals surface area contributed by atoms with Gasteiger partial charge in [-0.2, -0.15) is 0 Å². The summed E-state index contributed by atoms with van der Waals surface area (Å²) in [6, 6.07) is 9.25. The Balaban J connectivity index is 1.71. The molecule has 0 spiro atoms. The van der Waals surface area contributed by atoms with Crippen LogP contribution in [0.25, 0.3) is 0 Å². The van der Waals surface area contributed by atoms with Crippen LogP contribution < -0.4 is 10.6 Å². The van der Waals surface area contributed by atoms with E-state index in [1.165, 1.54) is 11.1 Å². The van der Waals surface area contributed by atoms with E-state index in [1.54, 1.807) is 0 Å². The molecule has 0 saturated carbocycles. The number of guanidine groups is 1. The molecule has 2 N–H and O–H groups in total. The van der Waals surface area contributed by atoms with Gasteiger partial charge in [0.1, 0.15) is 0 Å². The van der Waals surface area contributed by atoms with Crippen molar-refractivity contribution < 1.29 is 4.74 Å². The third-order valence-corrected chi connectivity index (χ3v) is 4.53. The number of hydrogen-bond donors (Lipinski definition) is 2. The molecule has 24 heavy (non-hydrogen) atoms. The van der Waals surface area contributed by atoms with Crippen molar-refractivity contribution in [1.82, 2.24) is 15.5 Å². The standard InChI is InChI=1S/C19H32N4O/c1-4-24-13-7-11-21-19(20-3)22-14-16(2)23-12-10-17-8-5-6-9-18(17)15-23/h5-6,8-9,16H,4,7,10-15H2,1-3H3,(H2,20,21,22). The highest BCUT2D eigenvalue weighted by atomic mass is 16.5. The van der Waals surface area contributed by atoms with E-state index in [2.05, 4.69) is 51.7 Å². The largest absolute Gasteiger partial charge is 0.382 e. The second-order valence-electron chi connectivity index (χ2n) is 6.27. The van der Waals surface area contributed by atoms with Crippen molar-refractivity contribution in [3.8, 4) is 0 Å². The van der Waals surface area contributed by atoms with E-state index in [1.807, 2.05) is 14.0 Å². The van der Waals surface area contributed by atoms with E-state index in [0.29, 0.717) is 6.04 Å². The molecule has 0 saturated heterocycles. The van der Waals surface area contributed by atoms with Gasteiger partial charge in [-0.05, 0) is 37.8 Å². The van der Waals surface area contributed by atoms with Crippen LogP contribution in [0.1, 0.15) is 31.4 Å². The number of benzene rings is 1. The van der Waals surface area contributed by atoms with E-state index < -0.39 is 0 Å². The molecule has 1 aromatic rings. The Morgan fingerprint density at radius 2 is 2.08 bits per heavy atom. The van der Waals surface area contributed by atoms with Crippen LogP contribution in [0.15, 0.2) is 29.3 Å². The number of hydrogen-bond acceptors (Lipinski definition) is 3.